The largest absolute Gasteiger partial charge is 0.455 e. The van der Waals surface area contributed by atoms with Gasteiger partial charge in [-0.25, -0.2) is 4.79 Å². The molecule has 3 atom stereocenters. The Kier molecular flexibility index (Phi) is 2.85. The fourth-order valence-corrected chi connectivity index (χ4v) is 3.16. The minimum absolute atomic E-state index is 0.170. The van der Waals surface area contributed by atoms with Crippen molar-refractivity contribution in [2.45, 2.75) is 52.1 Å². The average molecular weight is 222 g/mol. The third-order valence-electron chi connectivity index (χ3n) is 4.52. The van der Waals surface area contributed by atoms with Gasteiger partial charge in [0, 0.05) is 12.0 Å². The minimum Gasteiger partial charge on any atom is -0.455 e. The van der Waals surface area contributed by atoms with Gasteiger partial charge in [-0.1, -0.05) is 27.4 Å². The summed E-state index contributed by atoms with van der Waals surface area (Å²) in [5, 5.41) is 0. The smallest absolute Gasteiger partial charge is 0.334 e. The normalized spacial score (nSPS) is 39.5. The van der Waals surface area contributed by atoms with Crippen LogP contribution in [0.15, 0.2) is 12.2 Å². The highest BCUT2D eigenvalue weighted by Gasteiger charge is 2.50. The van der Waals surface area contributed by atoms with Crippen molar-refractivity contribution in [3.05, 3.63) is 12.2 Å². The van der Waals surface area contributed by atoms with Gasteiger partial charge in [-0.2, -0.15) is 0 Å². The molecule has 90 valence electrons. The topological polar surface area (TPSA) is 26.3 Å². The highest BCUT2D eigenvalue weighted by Crippen LogP contribution is 2.48. The van der Waals surface area contributed by atoms with Crippen molar-refractivity contribution in [1.29, 1.82) is 0 Å². The molecule has 0 bridgehead atoms. The van der Waals surface area contributed by atoms with E-state index >= 15 is 0 Å². The van der Waals surface area contributed by atoms with Crippen molar-refractivity contribution in [1.82, 2.24) is 0 Å². The molecule has 2 aliphatic rings. The van der Waals surface area contributed by atoms with Crippen LogP contribution in [0.25, 0.3) is 0 Å². The predicted molar refractivity (Wildman–Crippen MR) is 63.9 cm³/mol. The van der Waals surface area contributed by atoms with E-state index in [1.54, 1.807) is 0 Å². The van der Waals surface area contributed by atoms with Gasteiger partial charge in [0.15, 0.2) is 0 Å². The summed E-state index contributed by atoms with van der Waals surface area (Å²) >= 11 is 0. The lowest BCUT2D eigenvalue weighted by Crippen LogP contribution is -2.43. The molecule has 2 rings (SSSR count). The molecule has 2 fully saturated rings. The SMILES string of the molecule is C=C1CC2(CC(C(C)C)CCC2C)OC1=O. The van der Waals surface area contributed by atoms with Crippen molar-refractivity contribution in [2.24, 2.45) is 17.8 Å². The van der Waals surface area contributed by atoms with Gasteiger partial charge in [-0.05, 0) is 37.0 Å². The van der Waals surface area contributed by atoms with Crippen LogP contribution in [-0.2, 0) is 9.53 Å². The molecule has 0 amide bonds. The first-order chi connectivity index (χ1) is 7.44. The second-order valence-corrected chi connectivity index (χ2v) is 5.92. The number of hydrogen-bond acceptors (Lipinski definition) is 2. The third kappa shape index (κ3) is 1.79. The maximum Gasteiger partial charge on any atom is 0.334 e. The quantitative estimate of drug-likeness (QED) is 0.502. The monoisotopic (exact) mass is 222 g/mol. The molecule has 0 aromatic heterocycles. The van der Waals surface area contributed by atoms with Crippen LogP contribution >= 0.6 is 0 Å². The van der Waals surface area contributed by atoms with Gasteiger partial charge < -0.3 is 4.74 Å². The Hall–Kier alpha value is -0.790. The fourth-order valence-electron chi connectivity index (χ4n) is 3.16. The zero-order chi connectivity index (χ0) is 11.9. The number of hydrogen-bond donors (Lipinski definition) is 0. The fraction of sp³-hybridized carbons (Fsp3) is 0.786. The molecule has 1 aliphatic heterocycles. The second-order valence-electron chi connectivity index (χ2n) is 5.92. The Morgan fingerprint density at radius 2 is 2.12 bits per heavy atom. The molecule has 1 spiro atoms. The van der Waals surface area contributed by atoms with Crippen molar-refractivity contribution in [2.75, 3.05) is 0 Å². The van der Waals surface area contributed by atoms with E-state index in [2.05, 4.69) is 27.4 Å². The van der Waals surface area contributed by atoms with Gasteiger partial charge in [-0.15, -0.1) is 0 Å². The molecule has 1 saturated carbocycles. The van der Waals surface area contributed by atoms with E-state index in [4.69, 9.17) is 4.74 Å². The van der Waals surface area contributed by atoms with Gasteiger partial charge in [0.25, 0.3) is 0 Å². The van der Waals surface area contributed by atoms with Crippen LogP contribution in [0.4, 0.5) is 0 Å². The molecule has 2 nitrogen and oxygen atoms in total. The van der Waals surface area contributed by atoms with Gasteiger partial charge in [-0.3, -0.25) is 0 Å². The summed E-state index contributed by atoms with van der Waals surface area (Å²) in [4.78, 5) is 11.5. The number of ether oxygens (including phenoxy) is 1. The van der Waals surface area contributed by atoms with Gasteiger partial charge >= 0.3 is 5.97 Å². The third-order valence-corrected chi connectivity index (χ3v) is 4.52. The summed E-state index contributed by atoms with van der Waals surface area (Å²) in [6.45, 7) is 10.6. The molecule has 1 heterocycles. The molecule has 1 saturated heterocycles. The van der Waals surface area contributed by atoms with Crippen LogP contribution in [0, 0.1) is 17.8 Å². The van der Waals surface area contributed by atoms with Crippen molar-refractivity contribution < 1.29 is 9.53 Å². The highest BCUT2D eigenvalue weighted by molar-refractivity contribution is 5.90. The number of carbonyl (C=O) groups is 1. The molecule has 1 aliphatic carbocycles. The highest BCUT2D eigenvalue weighted by atomic mass is 16.6. The number of carbonyl (C=O) groups excluding carboxylic acids is 1. The molecule has 0 aromatic carbocycles. The summed E-state index contributed by atoms with van der Waals surface area (Å²) in [5.41, 5.74) is 0.442. The molecule has 0 radical (unpaired) electrons. The lowest BCUT2D eigenvalue weighted by atomic mass is 9.67. The van der Waals surface area contributed by atoms with Crippen molar-refractivity contribution in [3.8, 4) is 0 Å². The van der Waals surface area contributed by atoms with E-state index in [1.165, 1.54) is 12.8 Å². The van der Waals surface area contributed by atoms with Crippen LogP contribution in [0.2, 0.25) is 0 Å². The van der Waals surface area contributed by atoms with E-state index < -0.39 is 0 Å². The lowest BCUT2D eigenvalue weighted by molar-refractivity contribution is -0.156. The van der Waals surface area contributed by atoms with E-state index in [0.29, 0.717) is 23.3 Å². The Bertz CT molecular complexity index is 301. The van der Waals surface area contributed by atoms with Crippen LogP contribution in [0.3, 0.4) is 0 Å². The van der Waals surface area contributed by atoms with E-state index in [9.17, 15) is 4.79 Å². The summed E-state index contributed by atoms with van der Waals surface area (Å²) in [6.07, 6.45) is 4.21. The first-order valence-electron chi connectivity index (χ1n) is 6.36. The zero-order valence-electron chi connectivity index (χ0n) is 10.6. The summed E-state index contributed by atoms with van der Waals surface area (Å²) in [7, 11) is 0. The van der Waals surface area contributed by atoms with E-state index in [-0.39, 0.29) is 11.6 Å². The van der Waals surface area contributed by atoms with Crippen molar-refractivity contribution in [3.63, 3.8) is 0 Å². The number of rotatable bonds is 1. The molecule has 0 aromatic rings. The second kappa shape index (κ2) is 3.90. The average Bonchev–Trinajstić information content (AvgIpc) is 2.48. The summed E-state index contributed by atoms with van der Waals surface area (Å²) in [5.74, 6) is 1.67. The van der Waals surface area contributed by atoms with Gasteiger partial charge in [0.1, 0.15) is 5.60 Å². The van der Waals surface area contributed by atoms with Crippen molar-refractivity contribution >= 4 is 5.97 Å². The Labute approximate surface area is 98.1 Å². The maximum atomic E-state index is 11.5. The van der Waals surface area contributed by atoms with Crippen LogP contribution in [0.1, 0.15) is 46.5 Å². The Morgan fingerprint density at radius 1 is 1.44 bits per heavy atom. The molecular weight excluding hydrogens is 200 g/mol. The van der Waals surface area contributed by atoms with Gasteiger partial charge in [0.2, 0.25) is 0 Å². The zero-order valence-corrected chi connectivity index (χ0v) is 10.6. The molecule has 2 heteroatoms. The van der Waals surface area contributed by atoms with Crippen LogP contribution < -0.4 is 0 Å². The lowest BCUT2D eigenvalue weighted by Gasteiger charge is -2.42. The first-order valence-corrected chi connectivity index (χ1v) is 6.36. The number of esters is 1. The first kappa shape index (κ1) is 11.7. The Morgan fingerprint density at radius 3 is 2.62 bits per heavy atom. The Balaban J connectivity index is 2.18. The molecular formula is C14H22O2. The van der Waals surface area contributed by atoms with E-state index in [0.717, 1.165) is 12.8 Å². The predicted octanol–water partition coefficient (Wildman–Crippen LogP) is 3.32. The standard InChI is InChI=1S/C14H22O2/c1-9(2)12-6-5-11(4)14(8-12)7-10(3)13(15)16-14/h9,11-12H,3,5-8H2,1-2,4H3. The summed E-state index contributed by atoms with van der Waals surface area (Å²) in [6, 6.07) is 0. The van der Waals surface area contributed by atoms with Crippen LogP contribution in [0.5, 0.6) is 0 Å². The maximum absolute atomic E-state index is 11.5. The minimum atomic E-state index is -0.221. The molecule has 16 heavy (non-hydrogen) atoms. The molecule has 0 N–H and O–H groups in total. The van der Waals surface area contributed by atoms with E-state index in [1.807, 2.05) is 0 Å². The summed E-state index contributed by atoms with van der Waals surface area (Å²) < 4.78 is 5.66. The van der Waals surface area contributed by atoms with Crippen LogP contribution in [-0.4, -0.2) is 11.6 Å². The van der Waals surface area contributed by atoms with Gasteiger partial charge in [0.05, 0.1) is 0 Å². The molecule has 3 unspecified atom stereocenters.